The average Bonchev–Trinajstić information content (AvgIpc) is 2.33. The number of aliphatic hydroxyl groups excluding tert-OH is 1. The van der Waals surface area contributed by atoms with Gasteiger partial charge in [-0.2, -0.15) is 0 Å². The Morgan fingerprint density at radius 3 is 2.31 bits per heavy atom. The van der Waals surface area contributed by atoms with Crippen LogP contribution < -0.4 is 9.47 Å². The van der Waals surface area contributed by atoms with E-state index >= 15 is 0 Å². The molecule has 0 saturated heterocycles. The summed E-state index contributed by atoms with van der Waals surface area (Å²) in [5, 5.41) is 8.69. The van der Waals surface area contributed by atoms with Crippen LogP contribution in [0.3, 0.4) is 0 Å². The van der Waals surface area contributed by atoms with Gasteiger partial charge in [-0.3, -0.25) is 0 Å². The second kappa shape index (κ2) is 7.77. The zero-order chi connectivity index (χ0) is 11.6. The zero-order valence-corrected chi connectivity index (χ0v) is 9.39. The summed E-state index contributed by atoms with van der Waals surface area (Å²) in [6.45, 7) is 4.59. The van der Waals surface area contributed by atoms with Crippen LogP contribution in [-0.2, 0) is 0 Å². The molecular formula is C13H18O3. The first kappa shape index (κ1) is 12.6. The van der Waals surface area contributed by atoms with Crippen LogP contribution in [0.15, 0.2) is 36.9 Å². The summed E-state index contributed by atoms with van der Waals surface area (Å²) in [6.07, 6.45) is 3.76. The second-order valence-electron chi connectivity index (χ2n) is 3.30. The topological polar surface area (TPSA) is 38.7 Å². The van der Waals surface area contributed by atoms with Crippen molar-refractivity contribution in [2.45, 2.75) is 12.8 Å². The molecule has 0 aliphatic rings. The van der Waals surface area contributed by atoms with Gasteiger partial charge in [0.25, 0.3) is 0 Å². The molecule has 0 aromatic heterocycles. The Morgan fingerprint density at radius 2 is 1.75 bits per heavy atom. The molecule has 3 heteroatoms. The Bertz CT molecular complexity index is 310. The van der Waals surface area contributed by atoms with Crippen LogP contribution in [0.5, 0.6) is 11.5 Å². The molecule has 0 spiro atoms. The maximum atomic E-state index is 8.69. The first-order valence-corrected chi connectivity index (χ1v) is 5.45. The molecule has 16 heavy (non-hydrogen) atoms. The lowest BCUT2D eigenvalue weighted by Gasteiger charge is -2.11. The minimum absolute atomic E-state index is 0.00476. The minimum atomic E-state index is 0.00476. The molecule has 1 aromatic rings. The number of allylic oxidation sites excluding steroid dienone is 1. The summed E-state index contributed by atoms with van der Waals surface area (Å²) in [5.74, 6) is 1.40. The van der Waals surface area contributed by atoms with E-state index in [9.17, 15) is 0 Å². The standard InChI is InChI=1S/C13H18O3/c1-2-3-6-10-15-12-7-4-5-8-13(12)16-11-9-14/h2,4-5,7-8,14H,1,3,6,9-11H2. The van der Waals surface area contributed by atoms with Gasteiger partial charge in [0.2, 0.25) is 0 Å². The first-order valence-electron chi connectivity index (χ1n) is 5.45. The normalized spacial score (nSPS) is 9.81. The highest BCUT2D eigenvalue weighted by molar-refractivity contribution is 5.39. The van der Waals surface area contributed by atoms with E-state index < -0.39 is 0 Å². The Balaban J connectivity index is 2.46. The quantitative estimate of drug-likeness (QED) is 0.542. The molecule has 0 unspecified atom stereocenters. The molecule has 0 amide bonds. The smallest absolute Gasteiger partial charge is 0.161 e. The third-order valence-corrected chi connectivity index (χ3v) is 2.01. The van der Waals surface area contributed by atoms with Crippen LogP contribution in [0, 0.1) is 0 Å². The number of ether oxygens (including phenoxy) is 2. The summed E-state index contributed by atoms with van der Waals surface area (Å²) < 4.78 is 10.9. The molecule has 1 aromatic carbocycles. The first-order chi connectivity index (χ1) is 7.88. The molecule has 1 rings (SSSR count). The van der Waals surface area contributed by atoms with Gasteiger partial charge < -0.3 is 14.6 Å². The van der Waals surface area contributed by atoms with E-state index in [1.165, 1.54) is 0 Å². The molecule has 1 N–H and O–H groups in total. The highest BCUT2D eigenvalue weighted by Gasteiger charge is 2.02. The van der Waals surface area contributed by atoms with E-state index in [1.807, 2.05) is 30.3 Å². The van der Waals surface area contributed by atoms with Crippen molar-refractivity contribution in [1.82, 2.24) is 0 Å². The molecular weight excluding hydrogens is 204 g/mol. The fourth-order valence-electron chi connectivity index (χ4n) is 1.25. The molecule has 0 radical (unpaired) electrons. The van der Waals surface area contributed by atoms with Gasteiger partial charge in [0, 0.05) is 0 Å². The van der Waals surface area contributed by atoms with Gasteiger partial charge in [-0.25, -0.2) is 0 Å². The lowest BCUT2D eigenvalue weighted by molar-refractivity contribution is 0.193. The second-order valence-corrected chi connectivity index (χ2v) is 3.30. The van der Waals surface area contributed by atoms with Gasteiger partial charge in [-0.1, -0.05) is 18.2 Å². The Morgan fingerprint density at radius 1 is 1.12 bits per heavy atom. The van der Waals surface area contributed by atoms with Crippen molar-refractivity contribution in [1.29, 1.82) is 0 Å². The van der Waals surface area contributed by atoms with Gasteiger partial charge in [0.1, 0.15) is 6.61 Å². The molecule has 0 saturated carbocycles. The van der Waals surface area contributed by atoms with E-state index in [2.05, 4.69) is 6.58 Å². The van der Waals surface area contributed by atoms with Crippen molar-refractivity contribution < 1.29 is 14.6 Å². The summed E-state index contributed by atoms with van der Waals surface area (Å²) in [7, 11) is 0. The average molecular weight is 222 g/mol. The summed E-state index contributed by atoms with van der Waals surface area (Å²) >= 11 is 0. The van der Waals surface area contributed by atoms with Crippen molar-refractivity contribution in [2.24, 2.45) is 0 Å². The van der Waals surface area contributed by atoms with Crippen LogP contribution in [0.4, 0.5) is 0 Å². The monoisotopic (exact) mass is 222 g/mol. The molecule has 0 fully saturated rings. The number of benzene rings is 1. The van der Waals surface area contributed by atoms with Crippen LogP contribution in [0.2, 0.25) is 0 Å². The molecule has 0 atom stereocenters. The summed E-state index contributed by atoms with van der Waals surface area (Å²) in [6, 6.07) is 7.47. The number of para-hydroxylation sites is 2. The third kappa shape index (κ3) is 4.36. The Kier molecular flexibility index (Phi) is 6.11. The van der Waals surface area contributed by atoms with Crippen molar-refractivity contribution in [2.75, 3.05) is 19.8 Å². The van der Waals surface area contributed by atoms with Gasteiger partial charge in [0.15, 0.2) is 11.5 Å². The fraction of sp³-hybridized carbons (Fsp3) is 0.385. The van der Waals surface area contributed by atoms with E-state index in [0.717, 1.165) is 18.6 Å². The van der Waals surface area contributed by atoms with Crippen molar-refractivity contribution in [3.8, 4) is 11.5 Å². The lowest BCUT2D eigenvalue weighted by Crippen LogP contribution is -2.04. The van der Waals surface area contributed by atoms with E-state index in [0.29, 0.717) is 12.4 Å². The molecule has 88 valence electrons. The van der Waals surface area contributed by atoms with Crippen LogP contribution in [0.25, 0.3) is 0 Å². The van der Waals surface area contributed by atoms with Crippen molar-refractivity contribution >= 4 is 0 Å². The fourth-order valence-corrected chi connectivity index (χ4v) is 1.25. The SMILES string of the molecule is C=CCCCOc1ccccc1OCCO. The van der Waals surface area contributed by atoms with Crippen LogP contribution in [0.1, 0.15) is 12.8 Å². The number of hydrogen-bond acceptors (Lipinski definition) is 3. The van der Waals surface area contributed by atoms with E-state index in [1.54, 1.807) is 0 Å². The number of rotatable bonds is 8. The number of unbranched alkanes of at least 4 members (excludes halogenated alkanes) is 1. The summed E-state index contributed by atoms with van der Waals surface area (Å²) in [4.78, 5) is 0. The molecule has 0 aliphatic heterocycles. The third-order valence-electron chi connectivity index (χ3n) is 2.01. The van der Waals surface area contributed by atoms with Gasteiger partial charge in [0.05, 0.1) is 13.2 Å². The van der Waals surface area contributed by atoms with Gasteiger partial charge in [-0.05, 0) is 25.0 Å². The predicted molar refractivity (Wildman–Crippen MR) is 63.9 cm³/mol. The highest BCUT2D eigenvalue weighted by atomic mass is 16.5. The zero-order valence-electron chi connectivity index (χ0n) is 9.39. The van der Waals surface area contributed by atoms with Crippen molar-refractivity contribution in [3.05, 3.63) is 36.9 Å². The molecule has 0 heterocycles. The maximum absolute atomic E-state index is 8.69. The Hall–Kier alpha value is -1.48. The minimum Gasteiger partial charge on any atom is -0.490 e. The largest absolute Gasteiger partial charge is 0.490 e. The number of hydrogen-bond donors (Lipinski definition) is 1. The van der Waals surface area contributed by atoms with Gasteiger partial charge in [-0.15, -0.1) is 6.58 Å². The molecule has 0 aliphatic carbocycles. The highest BCUT2D eigenvalue weighted by Crippen LogP contribution is 2.26. The summed E-state index contributed by atoms with van der Waals surface area (Å²) in [5.41, 5.74) is 0. The lowest BCUT2D eigenvalue weighted by atomic mass is 10.3. The van der Waals surface area contributed by atoms with Crippen LogP contribution in [-0.4, -0.2) is 24.9 Å². The predicted octanol–water partition coefficient (Wildman–Crippen LogP) is 2.40. The number of aliphatic hydroxyl groups is 1. The maximum Gasteiger partial charge on any atom is 0.161 e. The van der Waals surface area contributed by atoms with E-state index in [-0.39, 0.29) is 13.2 Å². The van der Waals surface area contributed by atoms with Gasteiger partial charge >= 0.3 is 0 Å². The van der Waals surface area contributed by atoms with Crippen molar-refractivity contribution in [3.63, 3.8) is 0 Å². The molecule has 0 bridgehead atoms. The van der Waals surface area contributed by atoms with Crippen LogP contribution >= 0.6 is 0 Å². The van der Waals surface area contributed by atoms with E-state index in [4.69, 9.17) is 14.6 Å². The molecule has 3 nitrogen and oxygen atoms in total. The Labute approximate surface area is 96.3 Å².